The van der Waals surface area contributed by atoms with E-state index < -0.39 is 11.7 Å². The van der Waals surface area contributed by atoms with Crippen LogP contribution in [-0.4, -0.2) is 14.9 Å². The molecule has 0 aliphatic heterocycles. The highest BCUT2D eigenvalue weighted by Gasteiger charge is 2.34. The number of phenolic OH excluding ortho intramolecular Hbond substituents is 1. The van der Waals surface area contributed by atoms with Crippen LogP contribution >= 0.6 is 0 Å². The third-order valence-electron chi connectivity index (χ3n) is 3.98. The summed E-state index contributed by atoms with van der Waals surface area (Å²) in [6.07, 6.45) is -3.76. The molecule has 0 aliphatic carbocycles. The molecule has 3 aromatic rings. The molecule has 6 heteroatoms. The Kier molecular flexibility index (Phi) is 3.99. The van der Waals surface area contributed by atoms with Crippen molar-refractivity contribution in [1.82, 2.24) is 9.78 Å². The molecule has 1 N–H and O–H groups in total. The molecule has 24 heavy (non-hydrogen) atoms. The molecule has 0 amide bonds. The Balaban J connectivity index is 2.34. The highest BCUT2D eigenvalue weighted by atomic mass is 19.4. The summed E-state index contributed by atoms with van der Waals surface area (Å²) in [7, 11) is 0. The van der Waals surface area contributed by atoms with Gasteiger partial charge in [0.05, 0.1) is 11.1 Å². The number of para-hydroxylation sites is 1. The molecule has 126 valence electrons. The van der Waals surface area contributed by atoms with Gasteiger partial charge in [-0.15, -0.1) is 0 Å². The standard InChI is InChI=1S/C18H17F3N2O/c1-3-9-23-17-14(5-4-6-15(17)18(19,20)21)16(22-23)13-8-7-12(24)10-11(13)2/h4-8,10,24H,3,9H2,1-2H3. The van der Waals surface area contributed by atoms with Gasteiger partial charge in [0, 0.05) is 17.5 Å². The van der Waals surface area contributed by atoms with Crippen LogP contribution in [0, 0.1) is 6.92 Å². The van der Waals surface area contributed by atoms with E-state index in [-0.39, 0.29) is 11.3 Å². The van der Waals surface area contributed by atoms with Crippen LogP contribution in [0.5, 0.6) is 5.75 Å². The van der Waals surface area contributed by atoms with E-state index in [1.165, 1.54) is 16.8 Å². The topological polar surface area (TPSA) is 38.0 Å². The van der Waals surface area contributed by atoms with Crippen molar-refractivity contribution in [1.29, 1.82) is 0 Å². The Hall–Kier alpha value is -2.50. The number of aromatic nitrogens is 2. The molecular weight excluding hydrogens is 317 g/mol. The summed E-state index contributed by atoms with van der Waals surface area (Å²) in [6.45, 7) is 4.10. The van der Waals surface area contributed by atoms with Crippen molar-refractivity contribution in [2.45, 2.75) is 33.0 Å². The lowest BCUT2D eigenvalue weighted by Gasteiger charge is -2.10. The number of aryl methyl sites for hydroxylation is 2. The number of hydrogen-bond donors (Lipinski definition) is 1. The predicted molar refractivity (Wildman–Crippen MR) is 86.9 cm³/mol. The van der Waals surface area contributed by atoms with Gasteiger partial charge in [-0.1, -0.05) is 19.1 Å². The SMILES string of the molecule is CCCn1nc(-c2ccc(O)cc2C)c2cccc(C(F)(F)F)c21. The summed E-state index contributed by atoms with van der Waals surface area (Å²) >= 11 is 0. The molecule has 2 aromatic carbocycles. The summed E-state index contributed by atoms with van der Waals surface area (Å²) in [5.41, 5.74) is 1.41. The number of halogens is 3. The van der Waals surface area contributed by atoms with Gasteiger partial charge in [0.15, 0.2) is 0 Å². The van der Waals surface area contributed by atoms with Crippen LogP contribution in [0.3, 0.4) is 0 Å². The molecule has 0 saturated heterocycles. The zero-order chi connectivity index (χ0) is 17.5. The Morgan fingerprint density at radius 2 is 1.92 bits per heavy atom. The number of hydrogen-bond acceptors (Lipinski definition) is 2. The average molecular weight is 334 g/mol. The van der Waals surface area contributed by atoms with Crippen molar-refractivity contribution in [2.75, 3.05) is 0 Å². The Morgan fingerprint density at radius 1 is 1.17 bits per heavy atom. The number of benzene rings is 2. The van der Waals surface area contributed by atoms with Crippen molar-refractivity contribution in [2.24, 2.45) is 0 Å². The van der Waals surface area contributed by atoms with E-state index in [1.54, 1.807) is 25.1 Å². The molecular formula is C18H17F3N2O. The van der Waals surface area contributed by atoms with Gasteiger partial charge in [-0.3, -0.25) is 4.68 Å². The maximum atomic E-state index is 13.4. The van der Waals surface area contributed by atoms with E-state index in [2.05, 4.69) is 5.10 Å². The summed E-state index contributed by atoms with van der Waals surface area (Å²) in [5.74, 6) is 0.115. The van der Waals surface area contributed by atoms with Gasteiger partial charge in [0.2, 0.25) is 0 Å². The van der Waals surface area contributed by atoms with Crippen molar-refractivity contribution >= 4 is 10.9 Å². The van der Waals surface area contributed by atoms with Crippen LogP contribution in [-0.2, 0) is 12.7 Å². The van der Waals surface area contributed by atoms with Crippen molar-refractivity contribution in [3.05, 3.63) is 47.5 Å². The minimum absolute atomic E-state index is 0.106. The zero-order valence-electron chi connectivity index (χ0n) is 13.4. The number of aromatic hydroxyl groups is 1. The molecule has 0 unspecified atom stereocenters. The van der Waals surface area contributed by atoms with Gasteiger partial charge in [-0.25, -0.2) is 0 Å². The molecule has 1 aromatic heterocycles. The first kappa shape index (κ1) is 16.4. The smallest absolute Gasteiger partial charge is 0.418 e. The van der Waals surface area contributed by atoms with Gasteiger partial charge in [-0.05, 0) is 43.2 Å². The predicted octanol–water partition coefficient (Wildman–Crippen LogP) is 5.15. The molecule has 0 saturated carbocycles. The molecule has 0 bridgehead atoms. The van der Waals surface area contributed by atoms with Gasteiger partial charge in [-0.2, -0.15) is 18.3 Å². The summed E-state index contributed by atoms with van der Waals surface area (Å²) in [4.78, 5) is 0. The van der Waals surface area contributed by atoms with Crippen LogP contribution in [0.2, 0.25) is 0 Å². The molecule has 0 aliphatic rings. The molecule has 3 rings (SSSR count). The fourth-order valence-corrected chi connectivity index (χ4v) is 2.95. The van der Waals surface area contributed by atoms with Gasteiger partial charge < -0.3 is 5.11 Å². The van der Waals surface area contributed by atoms with Crippen molar-refractivity contribution in [3.8, 4) is 17.0 Å². The van der Waals surface area contributed by atoms with Crippen LogP contribution in [0.25, 0.3) is 22.2 Å². The van der Waals surface area contributed by atoms with E-state index in [0.29, 0.717) is 29.6 Å². The zero-order valence-corrected chi connectivity index (χ0v) is 13.4. The lowest BCUT2D eigenvalue weighted by atomic mass is 10.0. The monoisotopic (exact) mass is 334 g/mol. The van der Waals surface area contributed by atoms with Crippen LogP contribution in [0.4, 0.5) is 13.2 Å². The van der Waals surface area contributed by atoms with Crippen LogP contribution < -0.4 is 0 Å². The quantitative estimate of drug-likeness (QED) is 0.719. The molecule has 0 atom stereocenters. The first-order valence-corrected chi connectivity index (χ1v) is 7.69. The Bertz CT molecular complexity index is 897. The molecule has 1 heterocycles. The maximum Gasteiger partial charge on any atom is 0.418 e. The number of rotatable bonds is 3. The summed E-state index contributed by atoms with van der Waals surface area (Å²) in [5, 5.41) is 14.5. The highest BCUT2D eigenvalue weighted by Crippen LogP contribution is 2.39. The first-order chi connectivity index (χ1) is 11.3. The van der Waals surface area contributed by atoms with Gasteiger partial charge in [0.1, 0.15) is 11.4 Å². The second-order valence-electron chi connectivity index (χ2n) is 5.77. The maximum absolute atomic E-state index is 13.4. The van der Waals surface area contributed by atoms with E-state index in [9.17, 15) is 18.3 Å². The number of phenols is 1. The van der Waals surface area contributed by atoms with Crippen LogP contribution in [0.15, 0.2) is 36.4 Å². The van der Waals surface area contributed by atoms with Gasteiger partial charge >= 0.3 is 6.18 Å². The minimum atomic E-state index is -4.44. The van der Waals surface area contributed by atoms with E-state index in [1.807, 2.05) is 6.92 Å². The largest absolute Gasteiger partial charge is 0.508 e. The third kappa shape index (κ3) is 2.72. The number of alkyl halides is 3. The average Bonchev–Trinajstić information content (AvgIpc) is 2.85. The first-order valence-electron chi connectivity index (χ1n) is 7.69. The molecule has 0 fully saturated rings. The van der Waals surface area contributed by atoms with Crippen molar-refractivity contribution < 1.29 is 18.3 Å². The number of nitrogens with zero attached hydrogens (tertiary/aromatic N) is 2. The highest BCUT2D eigenvalue weighted by molar-refractivity contribution is 5.96. The normalized spacial score (nSPS) is 12.0. The number of fused-ring (bicyclic) bond motifs is 1. The summed E-state index contributed by atoms with van der Waals surface area (Å²) < 4.78 is 41.7. The lowest BCUT2D eigenvalue weighted by Crippen LogP contribution is -2.09. The van der Waals surface area contributed by atoms with E-state index in [0.717, 1.165) is 11.6 Å². The third-order valence-corrected chi connectivity index (χ3v) is 3.98. The Labute approximate surface area is 137 Å². The van der Waals surface area contributed by atoms with Crippen molar-refractivity contribution in [3.63, 3.8) is 0 Å². The summed E-state index contributed by atoms with van der Waals surface area (Å²) in [6, 6.07) is 8.93. The van der Waals surface area contributed by atoms with E-state index in [4.69, 9.17) is 0 Å². The van der Waals surface area contributed by atoms with Crippen LogP contribution in [0.1, 0.15) is 24.5 Å². The molecule has 0 radical (unpaired) electrons. The fraction of sp³-hybridized carbons (Fsp3) is 0.278. The van der Waals surface area contributed by atoms with E-state index >= 15 is 0 Å². The van der Waals surface area contributed by atoms with Gasteiger partial charge in [0.25, 0.3) is 0 Å². The second-order valence-corrected chi connectivity index (χ2v) is 5.77. The lowest BCUT2D eigenvalue weighted by molar-refractivity contribution is -0.136. The fourth-order valence-electron chi connectivity index (χ4n) is 2.95. The second kappa shape index (κ2) is 5.85. The Morgan fingerprint density at radius 3 is 2.54 bits per heavy atom. The molecule has 3 nitrogen and oxygen atoms in total. The molecule has 0 spiro atoms. The minimum Gasteiger partial charge on any atom is -0.508 e.